The van der Waals surface area contributed by atoms with E-state index in [-0.39, 0.29) is 11.3 Å². The Morgan fingerprint density at radius 3 is 2.67 bits per heavy atom. The minimum Gasteiger partial charge on any atom is -0.380 e. The van der Waals surface area contributed by atoms with Gasteiger partial charge >= 0.3 is 0 Å². The van der Waals surface area contributed by atoms with Crippen LogP contribution < -0.4 is 5.73 Å². The molecule has 0 aromatic rings. The summed E-state index contributed by atoms with van der Waals surface area (Å²) < 4.78 is 5.35. The number of amides is 1. The Labute approximate surface area is 90.8 Å². The van der Waals surface area contributed by atoms with Gasteiger partial charge in [-0.1, -0.05) is 6.42 Å². The molecule has 0 atom stereocenters. The standard InChI is InChI=1S/C11H20N2O2/c12-9-11(3-1-4-11)10(14)13-5-2-7-15-8-6-13/h1-9,12H2. The number of nitrogens with two attached hydrogens (primary N) is 1. The van der Waals surface area contributed by atoms with Crippen LogP contribution in [0.5, 0.6) is 0 Å². The number of ether oxygens (including phenoxy) is 1. The number of carbonyl (C=O) groups excluding carboxylic acids is 1. The molecular formula is C11H20N2O2. The molecule has 0 bridgehead atoms. The molecule has 1 saturated heterocycles. The predicted octanol–water partition coefficient (Wildman–Crippen LogP) is 0.364. The molecule has 1 amide bonds. The molecule has 15 heavy (non-hydrogen) atoms. The lowest BCUT2D eigenvalue weighted by molar-refractivity contribution is -0.146. The van der Waals surface area contributed by atoms with E-state index in [0.29, 0.717) is 13.2 Å². The fourth-order valence-electron chi connectivity index (χ4n) is 2.39. The van der Waals surface area contributed by atoms with Crippen LogP contribution in [0.2, 0.25) is 0 Å². The quantitative estimate of drug-likeness (QED) is 0.719. The van der Waals surface area contributed by atoms with Crippen molar-refractivity contribution in [1.82, 2.24) is 4.90 Å². The molecule has 0 aromatic heterocycles. The van der Waals surface area contributed by atoms with Crippen molar-refractivity contribution in [1.29, 1.82) is 0 Å². The van der Waals surface area contributed by atoms with E-state index in [0.717, 1.165) is 45.4 Å². The zero-order valence-electron chi connectivity index (χ0n) is 9.21. The van der Waals surface area contributed by atoms with Crippen LogP contribution in [0.15, 0.2) is 0 Å². The Hall–Kier alpha value is -0.610. The van der Waals surface area contributed by atoms with Gasteiger partial charge in [0.05, 0.1) is 12.0 Å². The van der Waals surface area contributed by atoms with Gasteiger partial charge in [-0.05, 0) is 19.3 Å². The summed E-state index contributed by atoms with van der Waals surface area (Å²) >= 11 is 0. The van der Waals surface area contributed by atoms with Crippen molar-refractivity contribution < 1.29 is 9.53 Å². The number of nitrogens with zero attached hydrogens (tertiary/aromatic N) is 1. The van der Waals surface area contributed by atoms with Gasteiger partial charge in [0, 0.05) is 26.2 Å². The van der Waals surface area contributed by atoms with Gasteiger partial charge in [-0.3, -0.25) is 4.79 Å². The zero-order valence-corrected chi connectivity index (χ0v) is 9.21. The molecule has 2 aliphatic rings. The van der Waals surface area contributed by atoms with Crippen LogP contribution in [-0.4, -0.2) is 43.7 Å². The minimum atomic E-state index is -0.218. The number of carbonyl (C=O) groups is 1. The second-order valence-corrected chi connectivity index (χ2v) is 4.60. The Morgan fingerprint density at radius 2 is 2.07 bits per heavy atom. The van der Waals surface area contributed by atoms with E-state index in [1.165, 1.54) is 0 Å². The highest BCUT2D eigenvalue weighted by Gasteiger charge is 2.44. The van der Waals surface area contributed by atoms with E-state index >= 15 is 0 Å². The topological polar surface area (TPSA) is 55.6 Å². The molecule has 0 unspecified atom stereocenters. The first-order valence-electron chi connectivity index (χ1n) is 5.86. The maximum Gasteiger partial charge on any atom is 0.230 e. The summed E-state index contributed by atoms with van der Waals surface area (Å²) in [4.78, 5) is 14.2. The zero-order chi connectivity index (χ0) is 10.7. The summed E-state index contributed by atoms with van der Waals surface area (Å²) in [5, 5.41) is 0. The molecule has 1 aliphatic heterocycles. The molecule has 1 saturated carbocycles. The van der Waals surface area contributed by atoms with Gasteiger partial charge in [-0.15, -0.1) is 0 Å². The van der Waals surface area contributed by atoms with Crippen molar-refractivity contribution in [3.8, 4) is 0 Å². The molecule has 4 nitrogen and oxygen atoms in total. The molecule has 1 aliphatic carbocycles. The van der Waals surface area contributed by atoms with Gasteiger partial charge in [-0.2, -0.15) is 0 Å². The second kappa shape index (κ2) is 4.49. The first kappa shape index (κ1) is 10.9. The molecule has 4 heteroatoms. The van der Waals surface area contributed by atoms with Crippen LogP contribution in [0, 0.1) is 5.41 Å². The van der Waals surface area contributed by atoms with Crippen molar-refractivity contribution in [2.24, 2.45) is 11.1 Å². The lowest BCUT2D eigenvalue weighted by atomic mass is 9.68. The van der Waals surface area contributed by atoms with Crippen molar-refractivity contribution >= 4 is 5.91 Å². The molecule has 2 rings (SSSR count). The average Bonchev–Trinajstić information content (AvgIpc) is 2.44. The summed E-state index contributed by atoms with van der Waals surface area (Å²) in [6.07, 6.45) is 4.04. The third kappa shape index (κ3) is 2.01. The molecule has 0 aromatic carbocycles. The third-order valence-corrected chi connectivity index (χ3v) is 3.66. The highest BCUT2D eigenvalue weighted by atomic mass is 16.5. The van der Waals surface area contributed by atoms with E-state index in [1.807, 2.05) is 4.90 Å². The fraction of sp³-hybridized carbons (Fsp3) is 0.909. The predicted molar refractivity (Wildman–Crippen MR) is 57.4 cm³/mol. The van der Waals surface area contributed by atoms with Gasteiger partial charge in [0.2, 0.25) is 5.91 Å². The van der Waals surface area contributed by atoms with E-state index in [9.17, 15) is 4.79 Å². The van der Waals surface area contributed by atoms with Gasteiger partial charge in [0.15, 0.2) is 0 Å². The first-order valence-corrected chi connectivity index (χ1v) is 5.86. The maximum atomic E-state index is 12.3. The van der Waals surface area contributed by atoms with Crippen LogP contribution in [0.4, 0.5) is 0 Å². The van der Waals surface area contributed by atoms with Crippen LogP contribution >= 0.6 is 0 Å². The Bertz CT molecular complexity index is 225. The van der Waals surface area contributed by atoms with Crippen LogP contribution in [-0.2, 0) is 9.53 Å². The highest BCUT2D eigenvalue weighted by Crippen LogP contribution is 2.41. The summed E-state index contributed by atoms with van der Waals surface area (Å²) in [6.45, 7) is 3.52. The summed E-state index contributed by atoms with van der Waals surface area (Å²) in [7, 11) is 0. The molecule has 0 spiro atoms. The Morgan fingerprint density at radius 1 is 1.27 bits per heavy atom. The van der Waals surface area contributed by atoms with E-state index in [1.54, 1.807) is 0 Å². The van der Waals surface area contributed by atoms with Gasteiger partial charge in [-0.25, -0.2) is 0 Å². The van der Waals surface area contributed by atoms with E-state index in [2.05, 4.69) is 0 Å². The van der Waals surface area contributed by atoms with Gasteiger partial charge < -0.3 is 15.4 Å². The van der Waals surface area contributed by atoms with Crippen molar-refractivity contribution in [2.75, 3.05) is 32.8 Å². The number of hydrogen-bond acceptors (Lipinski definition) is 3. The Kier molecular flexibility index (Phi) is 3.26. The van der Waals surface area contributed by atoms with Crippen LogP contribution in [0.1, 0.15) is 25.7 Å². The molecule has 2 N–H and O–H groups in total. The van der Waals surface area contributed by atoms with Crippen molar-refractivity contribution in [3.63, 3.8) is 0 Å². The van der Waals surface area contributed by atoms with Gasteiger partial charge in [0.25, 0.3) is 0 Å². The summed E-state index contributed by atoms with van der Waals surface area (Å²) in [6, 6.07) is 0. The summed E-state index contributed by atoms with van der Waals surface area (Å²) in [5.41, 5.74) is 5.52. The van der Waals surface area contributed by atoms with Crippen molar-refractivity contribution in [3.05, 3.63) is 0 Å². The SMILES string of the molecule is NCC1(C(=O)N2CCCOCC2)CCC1. The Balaban J connectivity index is 1.98. The largest absolute Gasteiger partial charge is 0.380 e. The van der Waals surface area contributed by atoms with Crippen molar-refractivity contribution in [2.45, 2.75) is 25.7 Å². The lowest BCUT2D eigenvalue weighted by Crippen LogP contribution is -2.52. The third-order valence-electron chi connectivity index (χ3n) is 3.66. The van der Waals surface area contributed by atoms with E-state index in [4.69, 9.17) is 10.5 Å². The molecule has 2 fully saturated rings. The van der Waals surface area contributed by atoms with Crippen LogP contribution in [0.25, 0.3) is 0 Å². The van der Waals surface area contributed by atoms with E-state index < -0.39 is 0 Å². The second-order valence-electron chi connectivity index (χ2n) is 4.60. The highest BCUT2D eigenvalue weighted by molar-refractivity contribution is 5.84. The number of hydrogen-bond donors (Lipinski definition) is 1. The molecule has 86 valence electrons. The smallest absolute Gasteiger partial charge is 0.230 e. The fourth-order valence-corrected chi connectivity index (χ4v) is 2.39. The normalized spacial score (nSPS) is 25.5. The average molecular weight is 212 g/mol. The minimum absolute atomic E-state index is 0.218. The first-order chi connectivity index (χ1) is 7.28. The molecule has 0 radical (unpaired) electrons. The monoisotopic (exact) mass is 212 g/mol. The lowest BCUT2D eigenvalue weighted by Gasteiger charge is -2.42. The molecular weight excluding hydrogens is 192 g/mol. The summed E-state index contributed by atoms with van der Waals surface area (Å²) in [5.74, 6) is 0.266. The maximum absolute atomic E-state index is 12.3. The van der Waals surface area contributed by atoms with Crippen LogP contribution in [0.3, 0.4) is 0 Å². The van der Waals surface area contributed by atoms with Gasteiger partial charge in [0.1, 0.15) is 0 Å². The number of rotatable bonds is 2. The molecule has 1 heterocycles.